The van der Waals surface area contributed by atoms with Crippen LogP contribution in [0, 0.1) is 0 Å². The first-order valence-electron chi connectivity index (χ1n) is 8.44. The van der Waals surface area contributed by atoms with Crippen molar-refractivity contribution in [3.05, 3.63) is 54.7 Å². The fraction of sp³-hybridized carbons (Fsp3) is 0.263. The van der Waals surface area contributed by atoms with Gasteiger partial charge in [-0.25, -0.2) is 0 Å². The molecule has 1 aromatic carbocycles. The summed E-state index contributed by atoms with van der Waals surface area (Å²) >= 11 is 1.50. The Morgan fingerprint density at radius 2 is 1.85 bits per heavy atom. The average molecular weight is 365 g/mol. The van der Waals surface area contributed by atoms with Crippen molar-refractivity contribution in [3.63, 3.8) is 0 Å². The summed E-state index contributed by atoms with van der Waals surface area (Å²) in [6, 6.07) is 15.4. The molecule has 1 saturated carbocycles. The minimum Gasteiger partial charge on any atom is -0.314 e. The van der Waals surface area contributed by atoms with E-state index < -0.39 is 4.75 Å². The molecule has 0 unspecified atom stereocenters. The van der Waals surface area contributed by atoms with Gasteiger partial charge in [0, 0.05) is 26.0 Å². The van der Waals surface area contributed by atoms with Crippen LogP contribution in [0.2, 0.25) is 0 Å². The van der Waals surface area contributed by atoms with Crippen LogP contribution < -0.4 is 4.90 Å². The molecule has 1 fully saturated rings. The average Bonchev–Trinajstić information content (AvgIpc) is 3.39. The highest BCUT2D eigenvalue weighted by atomic mass is 32.2. The largest absolute Gasteiger partial charge is 0.314 e. The smallest absolute Gasteiger partial charge is 0.243 e. The van der Waals surface area contributed by atoms with Gasteiger partial charge in [-0.15, -0.1) is 10.2 Å². The Kier molecular flexibility index (Phi) is 4.24. The summed E-state index contributed by atoms with van der Waals surface area (Å²) in [4.78, 5) is 19.1. The molecule has 2 aromatic heterocycles. The molecule has 6 nitrogen and oxygen atoms in total. The Labute approximate surface area is 156 Å². The number of carbonyl (C=O) groups excluding carboxylic acids is 1. The van der Waals surface area contributed by atoms with Gasteiger partial charge in [-0.05, 0) is 37.1 Å². The number of thioether (sulfide) groups is 1. The highest BCUT2D eigenvalue weighted by Gasteiger charge is 2.53. The molecule has 0 radical (unpaired) electrons. The van der Waals surface area contributed by atoms with Crippen molar-refractivity contribution in [2.45, 2.75) is 22.7 Å². The monoisotopic (exact) mass is 365 g/mol. The van der Waals surface area contributed by atoms with Gasteiger partial charge < -0.3 is 9.47 Å². The molecule has 0 N–H and O–H groups in total. The second kappa shape index (κ2) is 6.57. The summed E-state index contributed by atoms with van der Waals surface area (Å²) in [5, 5.41) is 9.30. The molecule has 4 rings (SSSR count). The molecule has 2 heterocycles. The minimum atomic E-state index is -0.452. The molecule has 1 aliphatic carbocycles. The van der Waals surface area contributed by atoms with Gasteiger partial charge in [0.25, 0.3) is 0 Å². The number of aromatic nitrogens is 4. The lowest BCUT2D eigenvalue weighted by Gasteiger charge is -2.22. The van der Waals surface area contributed by atoms with Gasteiger partial charge in [-0.1, -0.05) is 36.0 Å². The maximum Gasteiger partial charge on any atom is 0.243 e. The zero-order chi connectivity index (χ0) is 18.1. The van der Waals surface area contributed by atoms with Gasteiger partial charge in [0.2, 0.25) is 5.91 Å². The van der Waals surface area contributed by atoms with E-state index in [2.05, 4.69) is 15.2 Å². The third kappa shape index (κ3) is 2.99. The van der Waals surface area contributed by atoms with Gasteiger partial charge >= 0.3 is 0 Å². The third-order valence-corrected chi connectivity index (χ3v) is 6.07. The van der Waals surface area contributed by atoms with Crippen LogP contribution in [0.3, 0.4) is 0 Å². The third-order valence-electron chi connectivity index (χ3n) is 4.56. The van der Waals surface area contributed by atoms with Gasteiger partial charge in [0.1, 0.15) is 10.4 Å². The molecule has 0 saturated heterocycles. The van der Waals surface area contributed by atoms with Crippen LogP contribution in [-0.4, -0.2) is 37.5 Å². The maximum absolute atomic E-state index is 13.1. The van der Waals surface area contributed by atoms with Crippen LogP contribution in [0.1, 0.15) is 12.8 Å². The van der Waals surface area contributed by atoms with Crippen LogP contribution in [0.25, 0.3) is 11.5 Å². The van der Waals surface area contributed by atoms with E-state index in [0.29, 0.717) is 5.82 Å². The van der Waals surface area contributed by atoms with Crippen LogP contribution in [0.5, 0.6) is 0 Å². The van der Waals surface area contributed by atoms with Crippen molar-refractivity contribution >= 4 is 23.4 Å². The van der Waals surface area contributed by atoms with E-state index in [9.17, 15) is 4.79 Å². The number of carbonyl (C=O) groups is 1. The molecule has 0 bridgehead atoms. The van der Waals surface area contributed by atoms with Crippen molar-refractivity contribution < 1.29 is 4.79 Å². The summed E-state index contributed by atoms with van der Waals surface area (Å²) in [6.07, 6.45) is 3.43. The SMILES string of the molecule is CN(C(=O)C1(Sc2nnc(-c3ccccn3)n2C)CC1)c1ccccc1. The molecule has 0 atom stereocenters. The molecule has 1 aliphatic rings. The highest BCUT2D eigenvalue weighted by molar-refractivity contribution is 8.01. The van der Waals surface area contributed by atoms with Crippen molar-refractivity contribution in [3.8, 4) is 11.5 Å². The van der Waals surface area contributed by atoms with E-state index in [1.165, 1.54) is 11.8 Å². The minimum absolute atomic E-state index is 0.107. The van der Waals surface area contributed by atoms with Crippen LogP contribution in [0.15, 0.2) is 59.9 Å². The number of rotatable bonds is 5. The number of benzene rings is 1. The Balaban J connectivity index is 1.56. The molecule has 7 heteroatoms. The first kappa shape index (κ1) is 16.8. The van der Waals surface area contributed by atoms with Crippen molar-refractivity contribution in [1.82, 2.24) is 19.7 Å². The summed E-state index contributed by atoms with van der Waals surface area (Å²) < 4.78 is 1.45. The fourth-order valence-electron chi connectivity index (χ4n) is 2.84. The van der Waals surface area contributed by atoms with Gasteiger partial charge in [-0.3, -0.25) is 9.78 Å². The van der Waals surface area contributed by atoms with Crippen molar-refractivity contribution in [1.29, 1.82) is 0 Å². The van der Waals surface area contributed by atoms with E-state index in [0.717, 1.165) is 29.4 Å². The molecule has 0 spiro atoms. The quantitative estimate of drug-likeness (QED) is 0.695. The lowest BCUT2D eigenvalue weighted by Crippen LogP contribution is -2.36. The number of amides is 1. The van der Waals surface area contributed by atoms with Crippen molar-refractivity contribution in [2.24, 2.45) is 7.05 Å². The van der Waals surface area contributed by atoms with E-state index in [1.54, 1.807) is 11.1 Å². The Morgan fingerprint density at radius 3 is 2.50 bits per heavy atom. The predicted molar refractivity (Wildman–Crippen MR) is 102 cm³/mol. The highest BCUT2D eigenvalue weighted by Crippen LogP contribution is 2.52. The number of hydrogen-bond donors (Lipinski definition) is 0. The summed E-state index contributed by atoms with van der Waals surface area (Å²) in [7, 11) is 3.74. The summed E-state index contributed by atoms with van der Waals surface area (Å²) in [6.45, 7) is 0. The normalized spacial score (nSPS) is 14.8. The van der Waals surface area contributed by atoms with E-state index >= 15 is 0 Å². The fourth-order valence-corrected chi connectivity index (χ4v) is 4.03. The molecule has 1 amide bonds. The van der Waals surface area contributed by atoms with Gasteiger partial charge in [0.05, 0.1) is 0 Å². The number of nitrogens with zero attached hydrogens (tertiary/aromatic N) is 5. The standard InChI is InChI=1S/C19H19N5OS/c1-23(14-8-4-3-5-9-14)17(25)19(11-12-19)26-18-22-21-16(24(18)2)15-10-6-7-13-20-15/h3-10,13H,11-12H2,1-2H3. The zero-order valence-corrected chi connectivity index (χ0v) is 15.5. The Hall–Kier alpha value is -2.67. The first-order chi connectivity index (χ1) is 12.6. The molecular formula is C19H19N5OS. The Bertz CT molecular complexity index is 922. The lowest BCUT2D eigenvalue weighted by atomic mass is 10.2. The number of anilines is 1. The maximum atomic E-state index is 13.1. The van der Waals surface area contributed by atoms with Gasteiger partial charge in [0.15, 0.2) is 11.0 Å². The van der Waals surface area contributed by atoms with Crippen LogP contribution in [0.4, 0.5) is 5.69 Å². The number of para-hydroxylation sites is 1. The first-order valence-corrected chi connectivity index (χ1v) is 9.25. The van der Waals surface area contributed by atoms with E-state index in [1.807, 2.05) is 67.2 Å². The molecule has 3 aromatic rings. The molecule has 132 valence electrons. The van der Waals surface area contributed by atoms with Crippen molar-refractivity contribution in [2.75, 3.05) is 11.9 Å². The predicted octanol–water partition coefficient (Wildman–Crippen LogP) is 3.16. The second-order valence-corrected chi connectivity index (χ2v) is 7.73. The van der Waals surface area contributed by atoms with E-state index in [-0.39, 0.29) is 5.91 Å². The number of pyridine rings is 1. The summed E-state index contributed by atoms with van der Waals surface area (Å²) in [5.74, 6) is 0.809. The lowest BCUT2D eigenvalue weighted by molar-refractivity contribution is -0.118. The molecule has 26 heavy (non-hydrogen) atoms. The van der Waals surface area contributed by atoms with Gasteiger partial charge in [-0.2, -0.15) is 0 Å². The summed E-state index contributed by atoms with van der Waals surface area (Å²) in [5.41, 5.74) is 1.67. The van der Waals surface area contributed by atoms with Crippen LogP contribution >= 0.6 is 11.8 Å². The van der Waals surface area contributed by atoms with E-state index in [4.69, 9.17) is 0 Å². The molecule has 0 aliphatic heterocycles. The molecular weight excluding hydrogens is 346 g/mol. The second-order valence-electron chi connectivity index (χ2n) is 6.38. The number of hydrogen-bond acceptors (Lipinski definition) is 5. The topological polar surface area (TPSA) is 63.9 Å². The Morgan fingerprint density at radius 1 is 1.12 bits per heavy atom. The van der Waals surface area contributed by atoms with Crippen LogP contribution in [-0.2, 0) is 11.8 Å². The zero-order valence-electron chi connectivity index (χ0n) is 14.7.